The SMILES string of the molecule is NC1=CC2=C(C=CC1)CCCCC2. The first kappa shape index (κ1) is 8.61. The monoisotopic (exact) mass is 175 g/mol. The van der Waals surface area contributed by atoms with Gasteiger partial charge in [0, 0.05) is 12.1 Å². The summed E-state index contributed by atoms with van der Waals surface area (Å²) < 4.78 is 0. The Hall–Kier alpha value is -0.980. The van der Waals surface area contributed by atoms with E-state index in [4.69, 9.17) is 5.73 Å². The van der Waals surface area contributed by atoms with E-state index in [1.54, 1.807) is 0 Å². The number of rotatable bonds is 0. The van der Waals surface area contributed by atoms with Crippen LogP contribution in [0.2, 0.25) is 0 Å². The predicted octanol–water partition coefficient (Wildman–Crippen LogP) is 3.05. The van der Waals surface area contributed by atoms with Gasteiger partial charge in [-0.25, -0.2) is 0 Å². The molecule has 13 heavy (non-hydrogen) atoms. The molecule has 0 aromatic rings. The van der Waals surface area contributed by atoms with E-state index >= 15 is 0 Å². The lowest BCUT2D eigenvalue weighted by molar-refractivity contribution is 0.710. The van der Waals surface area contributed by atoms with Crippen LogP contribution < -0.4 is 5.73 Å². The highest BCUT2D eigenvalue weighted by Gasteiger charge is 2.09. The summed E-state index contributed by atoms with van der Waals surface area (Å²) in [5, 5.41) is 0. The van der Waals surface area contributed by atoms with Gasteiger partial charge in [-0.05, 0) is 42.9 Å². The first-order valence-corrected chi connectivity index (χ1v) is 5.21. The molecule has 0 radical (unpaired) electrons. The van der Waals surface area contributed by atoms with Crippen LogP contribution in [-0.4, -0.2) is 0 Å². The highest BCUT2D eigenvalue weighted by Crippen LogP contribution is 2.27. The third kappa shape index (κ3) is 2.03. The van der Waals surface area contributed by atoms with Crippen molar-refractivity contribution >= 4 is 0 Å². The Morgan fingerprint density at radius 2 is 1.77 bits per heavy atom. The van der Waals surface area contributed by atoms with E-state index in [2.05, 4.69) is 18.2 Å². The van der Waals surface area contributed by atoms with Gasteiger partial charge in [0.25, 0.3) is 0 Å². The van der Waals surface area contributed by atoms with Gasteiger partial charge >= 0.3 is 0 Å². The summed E-state index contributed by atoms with van der Waals surface area (Å²) >= 11 is 0. The zero-order valence-electron chi connectivity index (χ0n) is 8.05. The molecule has 2 rings (SSSR count). The van der Waals surface area contributed by atoms with Gasteiger partial charge in [0.1, 0.15) is 0 Å². The Balaban J connectivity index is 2.30. The molecule has 0 saturated carbocycles. The number of allylic oxidation sites excluding steroid dienone is 5. The Labute approximate surface area is 80.0 Å². The van der Waals surface area contributed by atoms with Gasteiger partial charge < -0.3 is 5.73 Å². The van der Waals surface area contributed by atoms with Gasteiger partial charge in [-0.3, -0.25) is 0 Å². The van der Waals surface area contributed by atoms with Crippen molar-refractivity contribution in [3.05, 3.63) is 35.1 Å². The average Bonchev–Trinajstić information content (AvgIpc) is 2.38. The second kappa shape index (κ2) is 3.82. The molecular formula is C12H17N. The molecule has 0 atom stereocenters. The van der Waals surface area contributed by atoms with Gasteiger partial charge in [-0.15, -0.1) is 0 Å². The molecule has 0 spiro atoms. The first-order valence-electron chi connectivity index (χ1n) is 5.21. The Kier molecular flexibility index (Phi) is 2.53. The van der Waals surface area contributed by atoms with E-state index in [-0.39, 0.29) is 0 Å². The molecule has 70 valence electrons. The van der Waals surface area contributed by atoms with Gasteiger partial charge in [0.15, 0.2) is 0 Å². The number of hydrogen-bond donors (Lipinski definition) is 1. The van der Waals surface area contributed by atoms with E-state index in [0.29, 0.717) is 0 Å². The highest BCUT2D eigenvalue weighted by atomic mass is 14.6. The van der Waals surface area contributed by atoms with Crippen molar-refractivity contribution in [1.82, 2.24) is 0 Å². The highest BCUT2D eigenvalue weighted by molar-refractivity contribution is 5.38. The fourth-order valence-corrected chi connectivity index (χ4v) is 2.10. The fourth-order valence-electron chi connectivity index (χ4n) is 2.10. The molecule has 0 aromatic heterocycles. The minimum absolute atomic E-state index is 0.924. The lowest BCUT2D eigenvalue weighted by atomic mass is 10.0. The number of nitrogens with two attached hydrogens (primary N) is 1. The normalized spacial score (nSPS) is 23.2. The molecule has 0 aromatic carbocycles. The fraction of sp³-hybridized carbons (Fsp3) is 0.500. The molecule has 0 fully saturated rings. The average molecular weight is 175 g/mol. The first-order chi connectivity index (χ1) is 6.36. The van der Waals surface area contributed by atoms with Crippen LogP contribution in [0.25, 0.3) is 0 Å². The summed E-state index contributed by atoms with van der Waals surface area (Å²) in [6.07, 6.45) is 14.1. The van der Waals surface area contributed by atoms with Crippen molar-refractivity contribution in [2.45, 2.75) is 38.5 Å². The van der Waals surface area contributed by atoms with Crippen LogP contribution in [-0.2, 0) is 0 Å². The quantitative estimate of drug-likeness (QED) is 0.601. The van der Waals surface area contributed by atoms with E-state index in [9.17, 15) is 0 Å². The van der Waals surface area contributed by atoms with Crippen molar-refractivity contribution in [3.63, 3.8) is 0 Å². The summed E-state index contributed by atoms with van der Waals surface area (Å²) in [6, 6.07) is 0. The molecule has 0 unspecified atom stereocenters. The maximum atomic E-state index is 5.87. The largest absolute Gasteiger partial charge is 0.402 e. The third-order valence-electron chi connectivity index (χ3n) is 2.84. The lowest BCUT2D eigenvalue weighted by Crippen LogP contribution is -1.95. The van der Waals surface area contributed by atoms with Gasteiger partial charge in [-0.2, -0.15) is 0 Å². The summed E-state index contributed by atoms with van der Waals surface area (Å²) in [6.45, 7) is 0. The van der Waals surface area contributed by atoms with Crippen molar-refractivity contribution < 1.29 is 0 Å². The van der Waals surface area contributed by atoms with Gasteiger partial charge in [-0.1, -0.05) is 18.6 Å². The molecule has 0 amide bonds. The van der Waals surface area contributed by atoms with E-state index < -0.39 is 0 Å². The molecular weight excluding hydrogens is 158 g/mol. The van der Waals surface area contributed by atoms with E-state index in [1.807, 2.05) is 0 Å². The minimum Gasteiger partial charge on any atom is -0.402 e. The van der Waals surface area contributed by atoms with Crippen molar-refractivity contribution in [3.8, 4) is 0 Å². The molecule has 1 nitrogen and oxygen atoms in total. The van der Waals surface area contributed by atoms with E-state index in [1.165, 1.54) is 43.3 Å². The topological polar surface area (TPSA) is 26.0 Å². The van der Waals surface area contributed by atoms with Crippen LogP contribution in [0.3, 0.4) is 0 Å². The molecule has 2 N–H and O–H groups in total. The van der Waals surface area contributed by atoms with Crippen LogP contribution in [0.5, 0.6) is 0 Å². The summed E-state index contributed by atoms with van der Waals surface area (Å²) in [5.74, 6) is 0. The second-order valence-corrected chi connectivity index (χ2v) is 3.94. The molecule has 2 aliphatic carbocycles. The van der Waals surface area contributed by atoms with Crippen molar-refractivity contribution in [1.29, 1.82) is 0 Å². The minimum atomic E-state index is 0.924. The van der Waals surface area contributed by atoms with E-state index in [0.717, 1.165) is 12.1 Å². The molecule has 1 heteroatoms. The summed E-state index contributed by atoms with van der Waals surface area (Å²) in [5.41, 5.74) is 9.90. The predicted molar refractivity (Wildman–Crippen MR) is 56.1 cm³/mol. The third-order valence-corrected chi connectivity index (χ3v) is 2.84. The smallest absolute Gasteiger partial charge is 0.0122 e. The van der Waals surface area contributed by atoms with Crippen LogP contribution in [0.15, 0.2) is 35.1 Å². The van der Waals surface area contributed by atoms with Crippen LogP contribution in [0.1, 0.15) is 38.5 Å². The molecule has 0 bridgehead atoms. The lowest BCUT2D eigenvalue weighted by Gasteiger charge is -2.03. The second-order valence-electron chi connectivity index (χ2n) is 3.94. The van der Waals surface area contributed by atoms with Gasteiger partial charge in [0.2, 0.25) is 0 Å². The maximum absolute atomic E-state index is 5.87. The number of hydrogen-bond acceptors (Lipinski definition) is 1. The Bertz CT molecular complexity index is 281. The standard InChI is InChI=1S/C12H17N/c13-12-8-4-7-10-5-2-1-3-6-11(10)9-12/h4,7,9H,1-3,5-6,8,13H2. The summed E-state index contributed by atoms with van der Waals surface area (Å²) in [7, 11) is 0. The van der Waals surface area contributed by atoms with Crippen molar-refractivity contribution in [2.24, 2.45) is 5.73 Å². The van der Waals surface area contributed by atoms with Crippen LogP contribution >= 0.6 is 0 Å². The zero-order valence-corrected chi connectivity index (χ0v) is 8.05. The molecule has 0 aliphatic heterocycles. The summed E-state index contributed by atoms with van der Waals surface area (Å²) in [4.78, 5) is 0. The Morgan fingerprint density at radius 1 is 1.00 bits per heavy atom. The Morgan fingerprint density at radius 3 is 2.62 bits per heavy atom. The van der Waals surface area contributed by atoms with Crippen LogP contribution in [0, 0.1) is 0 Å². The molecule has 0 heterocycles. The molecule has 0 saturated heterocycles. The van der Waals surface area contributed by atoms with Crippen LogP contribution in [0.4, 0.5) is 0 Å². The van der Waals surface area contributed by atoms with Crippen molar-refractivity contribution in [2.75, 3.05) is 0 Å². The zero-order chi connectivity index (χ0) is 9.10. The maximum Gasteiger partial charge on any atom is 0.0122 e. The van der Waals surface area contributed by atoms with Gasteiger partial charge in [0.05, 0.1) is 0 Å². The molecule has 2 aliphatic rings.